The molecule has 3 aromatic carbocycles. The van der Waals surface area contributed by atoms with Crippen molar-refractivity contribution >= 4 is 39.1 Å². The predicted octanol–water partition coefficient (Wildman–Crippen LogP) is 5.07. The molecule has 0 aliphatic carbocycles. The fourth-order valence-corrected chi connectivity index (χ4v) is 9.06. The van der Waals surface area contributed by atoms with Gasteiger partial charge in [-0.3, -0.25) is 14.1 Å². The van der Waals surface area contributed by atoms with Crippen molar-refractivity contribution in [3.05, 3.63) is 76.3 Å². The average Bonchev–Trinajstić information content (AvgIpc) is 3.52. The summed E-state index contributed by atoms with van der Waals surface area (Å²) < 4.78 is 85.4. The molecule has 270 valence electrons. The lowest BCUT2D eigenvalue weighted by atomic mass is 9.77. The first-order chi connectivity index (χ1) is 23.4. The number of hydrogen-bond donors (Lipinski definition) is 2. The predicted molar refractivity (Wildman–Crippen MR) is 178 cm³/mol. The maximum Gasteiger partial charge on any atom is 0.573 e. The van der Waals surface area contributed by atoms with Crippen molar-refractivity contribution in [2.45, 2.75) is 61.5 Å². The number of ether oxygens (including phenoxy) is 3. The number of anilines is 1. The summed E-state index contributed by atoms with van der Waals surface area (Å²) in [5.41, 5.74) is -1.40. The van der Waals surface area contributed by atoms with E-state index in [1.54, 1.807) is 19.2 Å². The third kappa shape index (κ3) is 5.83. The van der Waals surface area contributed by atoms with E-state index in [0.29, 0.717) is 10.7 Å². The third-order valence-electron chi connectivity index (χ3n) is 9.84. The Balaban J connectivity index is 1.93. The van der Waals surface area contributed by atoms with E-state index in [1.165, 1.54) is 39.5 Å². The van der Waals surface area contributed by atoms with E-state index in [2.05, 4.69) is 10.1 Å². The second-order valence-electron chi connectivity index (χ2n) is 12.5. The normalized spacial score (nSPS) is 24.1. The van der Waals surface area contributed by atoms with E-state index in [0.717, 1.165) is 23.8 Å². The molecule has 0 radical (unpaired) electrons. The number of aliphatic hydroxyl groups is 1. The molecule has 2 heterocycles. The highest BCUT2D eigenvalue weighted by molar-refractivity contribution is 7.93. The number of likely N-dealkylation sites (N-methyl/N-ethyl adjacent to an activating group) is 2. The number of carbonyl (C=O) groups is 2. The Kier molecular flexibility index (Phi) is 9.86. The summed E-state index contributed by atoms with van der Waals surface area (Å²) in [7, 11) is 0.276. The highest BCUT2D eigenvalue weighted by Gasteiger charge is 2.72. The number of nitrogens with zero attached hydrogens (tertiary/aromatic N) is 2. The number of hydrogen-bond acceptors (Lipinski definition) is 8. The van der Waals surface area contributed by atoms with Crippen molar-refractivity contribution in [1.82, 2.24) is 5.32 Å². The maximum absolute atomic E-state index is 15.6. The molecular formula is C34H38ClF3N3O8S+. The van der Waals surface area contributed by atoms with Crippen LogP contribution in [0, 0.1) is 0 Å². The van der Waals surface area contributed by atoms with Crippen LogP contribution in [0.15, 0.2) is 59.5 Å². The number of methoxy groups -OCH3 is 2. The molecule has 50 heavy (non-hydrogen) atoms. The number of nitrogens with one attached hydrogen (secondary N) is 1. The van der Waals surface area contributed by atoms with Gasteiger partial charge < -0.3 is 24.6 Å². The molecule has 3 unspecified atom stereocenters. The molecule has 16 heteroatoms. The smallest absolute Gasteiger partial charge is 0.497 e. The summed E-state index contributed by atoms with van der Waals surface area (Å²) >= 11 is 6.58. The Morgan fingerprint density at radius 1 is 1.10 bits per heavy atom. The summed E-state index contributed by atoms with van der Waals surface area (Å²) in [5.74, 6) is -2.81. The number of halogens is 4. The van der Waals surface area contributed by atoms with Crippen LogP contribution in [-0.2, 0) is 25.2 Å². The SMILES string of the molecule is CCC(C)c1ccc(OC)c(C2([N+]3(C)C[C@H](O)C[C@H]3C(=O)NC)C(=O)N(S(=O)(=O)c3ccc(OC)cc3OC(F)(F)F)c3ccc(Cl)cc32)c1. The van der Waals surface area contributed by atoms with Gasteiger partial charge in [-0.05, 0) is 60.4 Å². The molecule has 2 aliphatic heterocycles. The minimum Gasteiger partial charge on any atom is -0.497 e. The van der Waals surface area contributed by atoms with E-state index in [4.69, 9.17) is 21.1 Å². The summed E-state index contributed by atoms with van der Waals surface area (Å²) in [6.45, 7) is 3.73. The molecule has 5 rings (SSSR count). The minimum atomic E-state index is -5.31. The van der Waals surface area contributed by atoms with Gasteiger partial charge in [-0.1, -0.05) is 31.5 Å². The molecule has 2 amide bonds. The number of quaternary nitrogens is 1. The van der Waals surface area contributed by atoms with Gasteiger partial charge in [0.15, 0.2) is 11.8 Å². The summed E-state index contributed by atoms with van der Waals surface area (Å²) in [6.07, 6.45) is -5.82. The number of aliphatic hydroxyl groups excluding tert-OH is 1. The molecule has 1 saturated heterocycles. The summed E-state index contributed by atoms with van der Waals surface area (Å²) in [5, 5.41) is 13.9. The minimum absolute atomic E-state index is 0.0375. The van der Waals surface area contributed by atoms with Crippen LogP contribution in [0.3, 0.4) is 0 Å². The van der Waals surface area contributed by atoms with Gasteiger partial charge in [0.2, 0.25) is 5.54 Å². The van der Waals surface area contributed by atoms with Crippen LogP contribution in [0.25, 0.3) is 0 Å². The van der Waals surface area contributed by atoms with Gasteiger partial charge in [0.1, 0.15) is 29.0 Å². The zero-order valence-electron chi connectivity index (χ0n) is 28.2. The largest absolute Gasteiger partial charge is 0.573 e. The van der Waals surface area contributed by atoms with Gasteiger partial charge in [-0.15, -0.1) is 13.2 Å². The topological polar surface area (TPSA) is 131 Å². The van der Waals surface area contributed by atoms with Crippen molar-refractivity contribution in [2.24, 2.45) is 0 Å². The van der Waals surface area contributed by atoms with Crippen molar-refractivity contribution in [3.8, 4) is 17.2 Å². The van der Waals surface area contributed by atoms with Gasteiger partial charge in [0.25, 0.3) is 15.9 Å². The van der Waals surface area contributed by atoms with E-state index in [9.17, 15) is 31.5 Å². The quantitative estimate of drug-likeness (QED) is 0.276. The Morgan fingerprint density at radius 2 is 1.80 bits per heavy atom. The van der Waals surface area contributed by atoms with Gasteiger partial charge in [0, 0.05) is 24.6 Å². The van der Waals surface area contributed by atoms with Crippen LogP contribution in [-0.4, -0.2) is 83.2 Å². The number of carbonyl (C=O) groups excluding carboxylic acids is 2. The first-order valence-corrected chi connectivity index (χ1v) is 17.5. The fourth-order valence-electron chi connectivity index (χ4n) is 7.33. The number of sulfonamides is 1. The Morgan fingerprint density at radius 3 is 2.40 bits per heavy atom. The monoisotopic (exact) mass is 740 g/mol. The second kappa shape index (κ2) is 13.2. The molecule has 1 fully saturated rings. The lowest BCUT2D eigenvalue weighted by Crippen LogP contribution is -2.69. The first-order valence-electron chi connectivity index (χ1n) is 15.7. The number of fused-ring (bicyclic) bond motifs is 1. The van der Waals surface area contributed by atoms with Crippen LogP contribution >= 0.6 is 11.6 Å². The number of likely N-dealkylation sites (tertiary alicyclic amines) is 1. The van der Waals surface area contributed by atoms with Crippen LogP contribution in [0.4, 0.5) is 18.9 Å². The van der Waals surface area contributed by atoms with Crippen molar-refractivity contribution in [2.75, 3.05) is 39.2 Å². The third-order valence-corrected chi connectivity index (χ3v) is 11.8. The molecular weight excluding hydrogens is 703 g/mol. The van der Waals surface area contributed by atoms with Gasteiger partial charge >= 0.3 is 12.3 Å². The lowest BCUT2D eigenvalue weighted by molar-refractivity contribution is -0.953. The highest BCUT2D eigenvalue weighted by atomic mass is 35.5. The highest BCUT2D eigenvalue weighted by Crippen LogP contribution is 2.58. The van der Waals surface area contributed by atoms with E-state index in [-0.39, 0.29) is 52.2 Å². The Bertz CT molecular complexity index is 1940. The molecule has 0 spiro atoms. The molecule has 0 saturated carbocycles. The van der Waals surface area contributed by atoms with Crippen molar-refractivity contribution in [3.63, 3.8) is 0 Å². The molecule has 11 nitrogen and oxygen atoms in total. The van der Waals surface area contributed by atoms with Gasteiger partial charge in [0.05, 0.1) is 38.1 Å². The number of benzene rings is 3. The van der Waals surface area contributed by atoms with Gasteiger partial charge in [-0.25, -0.2) is 8.42 Å². The molecule has 0 bridgehead atoms. The zero-order chi connectivity index (χ0) is 37.0. The summed E-state index contributed by atoms with van der Waals surface area (Å²) in [6, 6.07) is 10.8. The van der Waals surface area contributed by atoms with Gasteiger partial charge in [-0.2, -0.15) is 4.31 Å². The Labute approximate surface area is 293 Å². The fraction of sp³-hybridized carbons (Fsp3) is 0.412. The van der Waals surface area contributed by atoms with Crippen LogP contribution in [0.5, 0.6) is 17.2 Å². The number of alkyl halides is 3. The summed E-state index contributed by atoms with van der Waals surface area (Å²) in [4.78, 5) is 28.3. The van der Waals surface area contributed by atoms with Crippen LogP contribution in [0.2, 0.25) is 5.02 Å². The first kappa shape index (κ1) is 37.2. The van der Waals surface area contributed by atoms with Crippen molar-refractivity contribution in [1.29, 1.82) is 0 Å². The molecule has 5 atom stereocenters. The van der Waals surface area contributed by atoms with Crippen LogP contribution in [0.1, 0.15) is 49.3 Å². The maximum atomic E-state index is 15.6. The Hall–Kier alpha value is -4.05. The van der Waals surface area contributed by atoms with E-state index in [1.807, 2.05) is 19.9 Å². The molecule has 0 aromatic heterocycles. The van der Waals surface area contributed by atoms with E-state index < -0.39 is 61.0 Å². The number of rotatable bonds is 10. The molecule has 2 aliphatic rings. The van der Waals surface area contributed by atoms with Crippen LogP contribution < -0.4 is 23.8 Å². The average molecular weight is 741 g/mol. The van der Waals surface area contributed by atoms with E-state index >= 15 is 4.79 Å². The number of amides is 2. The van der Waals surface area contributed by atoms with Crippen molar-refractivity contribution < 1.29 is 55.0 Å². The second-order valence-corrected chi connectivity index (χ2v) is 14.7. The molecule has 3 aromatic rings. The standard InChI is InChI=1S/C34H37ClF3N3O8S/c1-7-19(2)20-8-12-28(48-6)25(14-20)33(41(4)18-22(42)16-27(41)31(43)39-3)24-15-21(35)9-11-26(24)40(32(33)44)50(45,46)30-13-10-23(47-5)17-29(30)49-34(36,37)38/h8-15,17,19,22,27,42H,7,16,18H2,1-6H3/p+1/t19?,22-,27+,33?,41?/m1/s1. The zero-order valence-corrected chi connectivity index (χ0v) is 29.7. The molecule has 2 N–H and O–H groups in total. The lowest BCUT2D eigenvalue weighted by Gasteiger charge is -2.48.